The first-order chi connectivity index (χ1) is 6.50. The summed E-state index contributed by atoms with van der Waals surface area (Å²) in [4.78, 5) is 1.39. The van der Waals surface area contributed by atoms with Gasteiger partial charge in [0.1, 0.15) is 0 Å². The molecule has 1 saturated heterocycles. The van der Waals surface area contributed by atoms with Gasteiger partial charge in [-0.15, -0.1) is 0 Å². The fourth-order valence-corrected chi connectivity index (χ4v) is 1.90. The lowest BCUT2D eigenvalue weighted by Gasteiger charge is -2.33. The quantitative estimate of drug-likeness (QED) is 0.609. The van der Waals surface area contributed by atoms with Crippen LogP contribution in [-0.2, 0) is 0 Å². The average molecular weight is 207 g/mol. The van der Waals surface area contributed by atoms with E-state index in [-0.39, 0.29) is 0 Å². The molecule has 0 aliphatic carbocycles. The second kappa shape index (κ2) is 3.05. The smallest absolute Gasteiger partial charge is 0.360 e. The van der Waals surface area contributed by atoms with Gasteiger partial charge in [0, 0.05) is 31.0 Å². The maximum Gasteiger partial charge on any atom is 0.427 e. The van der Waals surface area contributed by atoms with Crippen molar-refractivity contribution in [3.8, 4) is 0 Å². The maximum atomic E-state index is 12.6. The molecular weight excluding hydrogens is 195 g/mol. The summed E-state index contributed by atoms with van der Waals surface area (Å²) in [6, 6.07) is 0. The number of nitrogens with zero attached hydrogens (tertiary/aromatic N) is 1. The Morgan fingerprint density at radius 2 is 2.14 bits per heavy atom. The average Bonchev–Trinajstić information content (AvgIpc) is 2.44. The van der Waals surface area contributed by atoms with Crippen molar-refractivity contribution in [2.75, 3.05) is 19.6 Å². The van der Waals surface area contributed by atoms with Crippen molar-refractivity contribution in [3.63, 3.8) is 0 Å². The largest absolute Gasteiger partial charge is 0.427 e. The topological polar surface area (TPSA) is 27.3 Å². The van der Waals surface area contributed by atoms with E-state index in [4.69, 9.17) is 0 Å². The molecule has 0 spiro atoms. The maximum absolute atomic E-state index is 12.6. The third-order valence-electron chi connectivity index (χ3n) is 2.58. The molecule has 0 aromatic heterocycles. The van der Waals surface area contributed by atoms with E-state index in [1.54, 1.807) is 6.92 Å². The molecule has 0 radical (unpaired) electrons. The van der Waals surface area contributed by atoms with Gasteiger partial charge in [0.15, 0.2) is 6.17 Å². The van der Waals surface area contributed by atoms with Gasteiger partial charge < -0.3 is 15.5 Å². The zero-order valence-corrected chi connectivity index (χ0v) is 7.78. The van der Waals surface area contributed by atoms with Gasteiger partial charge in [0.05, 0.1) is 0 Å². The normalized spacial score (nSPS) is 27.7. The van der Waals surface area contributed by atoms with Crippen LogP contribution in [0.2, 0.25) is 0 Å². The number of halogens is 3. The van der Waals surface area contributed by atoms with Crippen molar-refractivity contribution in [2.45, 2.75) is 19.3 Å². The van der Waals surface area contributed by atoms with E-state index in [0.29, 0.717) is 25.3 Å². The zero-order chi connectivity index (χ0) is 10.3. The molecule has 14 heavy (non-hydrogen) atoms. The Labute approximate surface area is 79.9 Å². The van der Waals surface area contributed by atoms with E-state index in [2.05, 4.69) is 10.6 Å². The minimum Gasteiger partial charge on any atom is -0.360 e. The van der Waals surface area contributed by atoms with Gasteiger partial charge in [-0.3, -0.25) is 0 Å². The molecule has 80 valence electrons. The molecule has 2 heterocycles. The van der Waals surface area contributed by atoms with Gasteiger partial charge in [-0.2, -0.15) is 13.2 Å². The van der Waals surface area contributed by atoms with Gasteiger partial charge in [-0.05, 0) is 6.92 Å². The van der Waals surface area contributed by atoms with Crippen LogP contribution in [0.3, 0.4) is 0 Å². The van der Waals surface area contributed by atoms with Crippen molar-refractivity contribution in [1.29, 1.82) is 0 Å². The summed E-state index contributed by atoms with van der Waals surface area (Å²) in [5, 5.41) is 5.53. The standard InChI is InChI=1S/C8H12F3N3/c1-5-6-4-12-2-3-14(6)7(13-5)8(9,10)11/h7,12-13H,2-4H2,1H3. The lowest BCUT2D eigenvalue weighted by molar-refractivity contribution is -0.181. The van der Waals surface area contributed by atoms with E-state index in [1.165, 1.54) is 4.90 Å². The summed E-state index contributed by atoms with van der Waals surface area (Å²) >= 11 is 0. The molecule has 1 unspecified atom stereocenters. The first-order valence-corrected chi connectivity index (χ1v) is 4.50. The Morgan fingerprint density at radius 3 is 2.79 bits per heavy atom. The molecule has 0 aromatic rings. The molecule has 0 aromatic carbocycles. The van der Waals surface area contributed by atoms with Gasteiger partial charge in [-0.25, -0.2) is 0 Å². The Balaban J connectivity index is 2.21. The Kier molecular flexibility index (Phi) is 2.10. The number of hydrogen-bond acceptors (Lipinski definition) is 3. The predicted molar refractivity (Wildman–Crippen MR) is 45.3 cm³/mol. The van der Waals surface area contributed by atoms with E-state index < -0.39 is 12.3 Å². The van der Waals surface area contributed by atoms with Crippen LogP contribution in [0, 0.1) is 0 Å². The predicted octanol–water partition coefficient (Wildman–Crippen LogP) is 0.615. The summed E-state index contributed by atoms with van der Waals surface area (Å²) in [5.74, 6) is 0. The molecule has 0 bridgehead atoms. The van der Waals surface area contributed by atoms with Crippen LogP contribution in [0.25, 0.3) is 0 Å². The lowest BCUT2D eigenvalue weighted by atomic mass is 10.2. The van der Waals surface area contributed by atoms with Gasteiger partial charge >= 0.3 is 6.18 Å². The minimum absolute atomic E-state index is 0.407. The van der Waals surface area contributed by atoms with Crippen molar-refractivity contribution >= 4 is 0 Å². The molecular formula is C8H12F3N3. The van der Waals surface area contributed by atoms with Crippen LogP contribution < -0.4 is 10.6 Å². The number of nitrogens with one attached hydrogen (secondary N) is 2. The number of alkyl halides is 3. The van der Waals surface area contributed by atoms with Crippen molar-refractivity contribution in [3.05, 3.63) is 11.4 Å². The molecule has 1 atom stereocenters. The number of allylic oxidation sites excluding steroid dienone is 1. The lowest BCUT2D eigenvalue weighted by Crippen LogP contribution is -2.53. The molecule has 2 rings (SSSR count). The van der Waals surface area contributed by atoms with E-state index in [9.17, 15) is 13.2 Å². The first kappa shape index (κ1) is 9.64. The fraction of sp³-hybridized carbons (Fsp3) is 0.750. The highest BCUT2D eigenvalue weighted by atomic mass is 19.4. The second-order valence-electron chi connectivity index (χ2n) is 3.53. The summed E-state index contributed by atoms with van der Waals surface area (Å²) in [6.07, 6.45) is -5.74. The highest BCUT2D eigenvalue weighted by Crippen LogP contribution is 2.31. The van der Waals surface area contributed by atoms with E-state index >= 15 is 0 Å². The van der Waals surface area contributed by atoms with E-state index in [0.717, 1.165) is 5.70 Å². The van der Waals surface area contributed by atoms with Crippen molar-refractivity contribution in [1.82, 2.24) is 15.5 Å². The fourth-order valence-electron chi connectivity index (χ4n) is 1.90. The minimum atomic E-state index is -4.21. The van der Waals surface area contributed by atoms with E-state index in [1.807, 2.05) is 0 Å². The van der Waals surface area contributed by atoms with Gasteiger partial charge in [0.25, 0.3) is 0 Å². The summed E-state index contributed by atoms with van der Waals surface area (Å²) in [5.41, 5.74) is 1.36. The highest BCUT2D eigenvalue weighted by molar-refractivity contribution is 5.21. The van der Waals surface area contributed by atoms with Crippen LogP contribution in [0.1, 0.15) is 6.92 Å². The Morgan fingerprint density at radius 1 is 1.43 bits per heavy atom. The summed E-state index contributed by atoms with van der Waals surface area (Å²) < 4.78 is 37.7. The van der Waals surface area contributed by atoms with Crippen LogP contribution in [0.15, 0.2) is 11.4 Å². The number of piperazine rings is 1. The molecule has 2 aliphatic heterocycles. The second-order valence-corrected chi connectivity index (χ2v) is 3.53. The van der Waals surface area contributed by atoms with Crippen LogP contribution in [-0.4, -0.2) is 36.9 Å². The SMILES string of the molecule is CC1=C2CNCCN2C(C(F)(F)F)N1. The van der Waals surface area contributed by atoms with Crippen LogP contribution in [0.5, 0.6) is 0 Å². The van der Waals surface area contributed by atoms with Crippen LogP contribution in [0.4, 0.5) is 13.2 Å². The Hall–Kier alpha value is -0.910. The molecule has 2 N–H and O–H groups in total. The highest BCUT2D eigenvalue weighted by Gasteiger charge is 2.48. The summed E-state index contributed by atoms with van der Waals surface area (Å²) in [6.45, 7) is 3.21. The number of rotatable bonds is 0. The molecule has 0 amide bonds. The van der Waals surface area contributed by atoms with Crippen molar-refractivity contribution in [2.24, 2.45) is 0 Å². The zero-order valence-electron chi connectivity index (χ0n) is 7.78. The molecule has 1 fully saturated rings. The van der Waals surface area contributed by atoms with Gasteiger partial charge in [-0.1, -0.05) is 0 Å². The first-order valence-electron chi connectivity index (χ1n) is 4.50. The molecule has 6 heteroatoms. The molecule has 0 saturated carbocycles. The monoisotopic (exact) mass is 207 g/mol. The third-order valence-corrected chi connectivity index (χ3v) is 2.58. The number of hydrogen-bond donors (Lipinski definition) is 2. The van der Waals surface area contributed by atoms with Crippen LogP contribution >= 0.6 is 0 Å². The number of fused-ring (bicyclic) bond motifs is 1. The van der Waals surface area contributed by atoms with Crippen molar-refractivity contribution < 1.29 is 13.2 Å². The van der Waals surface area contributed by atoms with Gasteiger partial charge in [0.2, 0.25) is 0 Å². The Bertz CT molecular complexity index is 271. The molecule has 3 nitrogen and oxygen atoms in total. The summed E-state index contributed by atoms with van der Waals surface area (Å²) in [7, 11) is 0. The molecule has 2 aliphatic rings. The third kappa shape index (κ3) is 1.43.